The summed E-state index contributed by atoms with van der Waals surface area (Å²) in [4.78, 5) is 26.8. The lowest BCUT2D eigenvalue weighted by Crippen LogP contribution is -2.28. The Morgan fingerprint density at radius 2 is 2.03 bits per heavy atom. The van der Waals surface area contributed by atoms with Crippen LogP contribution in [0.3, 0.4) is 0 Å². The van der Waals surface area contributed by atoms with E-state index in [0.717, 1.165) is 18.2 Å². The van der Waals surface area contributed by atoms with Crippen molar-refractivity contribution in [3.63, 3.8) is 0 Å². The molecule has 11 heteroatoms. The van der Waals surface area contributed by atoms with E-state index in [-0.39, 0.29) is 35.8 Å². The van der Waals surface area contributed by atoms with Crippen molar-refractivity contribution in [1.29, 1.82) is 0 Å². The molecule has 0 saturated carbocycles. The van der Waals surface area contributed by atoms with Crippen LogP contribution in [0.2, 0.25) is 0 Å². The molecule has 1 heterocycles. The molecule has 3 rings (SSSR count). The molecule has 0 fully saturated rings. The highest BCUT2D eigenvalue weighted by Crippen LogP contribution is 2.31. The monoisotopic (exact) mass is 420 g/mol. The van der Waals surface area contributed by atoms with Crippen LogP contribution in [0.5, 0.6) is 5.75 Å². The lowest BCUT2D eigenvalue weighted by atomic mass is 10.1. The first kappa shape index (κ1) is 20.8. The topological polar surface area (TPSA) is 99.3 Å². The van der Waals surface area contributed by atoms with Crippen molar-refractivity contribution in [3.8, 4) is 11.4 Å². The molecule has 8 nitrogen and oxygen atoms in total. The van der Waals surface area contributed by atoms with Crippen LogP contribution in [0.4, 0.5) is 18.9 Å². The number of nitro groups is 1. The molecule has 0 aliphatic heterocycles. The standard InChI is InChI=1S/C19H15F3N4O4/c20-19(21,22)14-2-1-3-15(11-14)30-9-7-24-18(27)13-4-5-16(17(10-13)26(28)29)25-8-6-23-12-25/h1-6,8,10-12H,7,9H2,(H,24,27). The number of aromatic nitrogens is 2. The first-order chi connectivity index (χ1) is 14.3. The van der Waals surface area contributed by atoms with Crippen molar-refractivity contribution in [1.82, 2.24) is 14.9 Å². The highest BCUT2D eigenvalue weighted by Gasteiger charge is 2.30. The van der Waals surface area contributed by atoms with Crippen molar-refractivity contribution in [2.45, 2.75) is 6.18 Å². The van der Waals surface area contributed by atoms with E-state index in [1.54, 1.807) is 0 Å². The Labute approximate surface area is 168 Å². The molecular weight excluding hydrogens is 405 g/mol. The molecule has 1 amide bonds. The molecule has 0 bridgehead atoms. The summed E-state index contributed by atoms with van der Waals surface area (Å²) >= 11 is 0. The minimum Gasteiger partial charge on any atom is -0.492 e. The van der Waals surface area contributed by atoms with Gasteiger partial charge in [-0.3, -0.25) is 14.9 Å². The quantitative estimate of drug-likeness (QED) is 0.358. The van der Waals surface area contributed by atoms with Gasteiger partial charge in [-0.1, -0.05) is 6.07 Å². The zero-order chi connectivity index (χ0) is 21.7. The lowest BCUT2D eigenvalue weighted by Gasteiger charge is -2.11. The average Bonchev–Trinajstić information content (AvgIpc) is 3.25. The largest absolute Gasteiger partial charge is 0.492 e. The number of carbonyl (C=O) groups is 1. The summed E-state index contributed by atoms with van der Waals surface area (Å²) in [5.41, 5.74) is -0.804. The normalized spacial score (nSPS) is 11.2. The number of nitrogens with one attached hydrogen (secondary N) is 1. The molecule has 156 valence electrons. The predicted molar refractivity (Wildman–Crippen MR) is 99.5 cm³/mol. The molecule has 0 aliphatic carbocycles. The van der Waals surface area contributed by atoms with Gasteiger partial charge >= 0.3 is 6.18 Å². The Morgan fingerprint density at radius 3 is 2.70 bits per heavy atom. The number of alkyl halides is 3. The van der Waals surface area contributed by atoms with Gasteiger partial charge in [0.15, 0.2) is 0 Å². The number of ether oxygens (including phenoxy) is 1. The minimum atomic E-state index is -4.48. The fraction of sp³-hybridized carbons (Fsp3) is 0.158. The van der Waals surface area contributed by atoms with Crippen LogP contribution in [-0.4, -0.2) is 33.5 Å². The Kier molecular flexibility index (Phi) is 6.00. The van der Waals surface area contributed by atoms with E-state index >= 15 is 0 Å². The zero-order valence-corrected chi connectivity index (χ0v) is 15.3. The number of benzene rings is 2. The Balaban J connectivity index is 1.60. The molecule has 3 aromatic rings. The highest BCUT2D eigenvalue weighted by molar-refractivity contribution is 5.95. The van der Waals surface area contributed by atoms with Gasteiger partial charge in [-0.15, -0.1) is 0 Å². The summed E-state index contributed by atoms with van der Waals surface area (Å²) in [5.74, 6) is -0.567. The van der Waals surface area contributed by atoms with Crippen LogP contribution < -0.4 is 10.1 Å². The molecule has 0 aliphatic rings. The van der Waals surface area contributed by atoms with Gasteiger partial charge in [-0.05, 0) is 30.3 Å². The fourth-order valence-corrected chi connectivity index (χ4v) is 2.63. The smallest absolute Gasteiger partial charge is 0.416 e. The van der Waals surface area contributed by atoms with Crippen LogP contribution in [0.15, 0.2) is 61.2 Å². The van der Waals surface area contributed by atoms with Crippen molar-refractivity contribution >= 4 is 11.6 Å². The number of amides is 1. The number of carbonyl (C=O) groups excluding carboxylic acids is 1. The van der Waals surface area contributed by atoms with Gasteiger partial charge < -0.3 is 14.6 Å². The first-order valence-corrected chi connectivity index (χ1v) is 8.61. The maximum Gasteiger partial charge on any atom is 0.416 e. The average molecular weight is 420 g/mol. The third-order valence-corrected chi connectivity index (χ3v) is 4.03. The van der Waals surface area contributed by atoms with Crippen LogP contribution in [0.25, 0.3) is 5.69 Å². The molecule has 0 saturated heterocycles. The third kappa shape index (κ3) is 4.93. The van der Waals surface area contributed by atoms with Gasteiger partial charge in [0.1, 0.15) is 18.0 Å². The van der Waals surface area contributed by atoms with Crippen molar-refractivity contribution < 1.29 is 27.6 Å². The van der Waals surface area contributed by atoms with Crippen LogP contribution in [-0.2, 0) is 6.18 Å². The zero-order valence-electron chi connectivity index (χ0n) is 15.3. The van der Waals surface area contributed by atoms with Crippen LogP contribution in [0.1, 0.15) is 15.9 Å². The van der Waals surface area contributed by atoms with Gasteiger partial charge in [-0.25, -0.2) is 4.98 Å². The van der Waals surface area contributed by atoms with E-state index in [2.05, 4.69) is 10.3 Å². The maximum absolute atomic E-state index is 12.7. The Hall–Kier alpha value is -3.89. The van der Waals surface area contributed by atoms with E-state index in [4.69, 9.17) is 4.74 Å². The van der Waals surface area contributed by atoms with Crippen LogP contribution >= 0.6 is 0 Å². The highest BCUT2D eigenvalue weighted by atomic mass is 19.4. The van der Waals surface area contributed by atoms with Gasteiger partial charge in [0, 0.05) is 24.0 Å². The van der Waals surface area contributed by atoms with Crippen molar-refractivity contribution in [2.75, 3.05) is 13.2 Å². The van der Waals surface area contributed by atoms with Crippen LogP contribution in [0, 0.1) is 10.1 Å². The summed E-state index contributed by atoms with van der Waals surface area (Å²) in [6.07, 6.45) is -0.0830. The predicted octanol–water partition coefficient (Wildman–Crippen LogP) is 3.61. The number of nitro benzene ring substituents is 1. The van der Waals surface area contributed by atoms with E-state index in [1.807, 2.05) is 0 Å². The fourth-order valence-electron chi connectivity index (χ4n) is 2.63. The summed E-state index contributed by atoms with van der Waals surface area (Å²) in [5, 5.41) is 13.9. The molecule has 0 radical (unpaired) electrons. The van der Waals surface area contributed by atoms with Crippen molar-refractivity contribution in [2.24, 2.45) is 0 Å². The van der Waals surface area contributed by atoms with E-state index in [1.165, 1.54) is 47.6 Å². The maximum atomic E-state index is 12.7. The number of nitrogens with zero attached hydrogens (tertiary/aromatic N) is 3. The summed E-state index contributed by atoms with van der Waals surface area (Å²) < 4.78 is 44.7. The second-order valence-corrected chi connectivity index (χ2v) is 6.06. The number of hydrogen-bond acceptors (Lipinski definition) is 5. The van der Waals surface area contributed by atoms with Gasteiger partial charge in [-0.2, -0.15) is 13.2 Å². The lowest BCUT2D eigenvalue weighted by molar-refractivity contribution is -0.384. The van der Waals surface area contributed by atoms with E-state index < -0.39 is 22.6 Å². The molecule has 2 aromatic carbocycles. The number of halogens is 3. The molecule has 30 heavy (non-hydrogen) atoms. The molecule has 0 unspecified atom stereocenters. The molecule has 1 N–H and O–H groups in total. The van der Waals surface area contributed by atoms with Gasteiger partial charge in [0.05, 0.1) is 23.4 Å². The molecule has 1 aromatic heterocycles. The Bertz CT molecular complexity index is 1050. The number of imidazole rings is 1. The van der Waals surface area contributed by atoms with Crippen molar-refractivity contribution in [3.05, 3.63) is 82.4 Å². The first-order valence-electron chi connectivity index (χ1n) is 8.61. The van der Waals surface area contributed by atoms with E-state index in [9.17, 15) is 28.1 Å². The number of hydrogen-bond donors (Lipinski definition) is 1. The molecule has 0 spiro atoms. The summed E-state index contributed by atoms with van der Waals surface area (Å²) in [6, 6.07) is 8.36. The second kappa shape index (κ2) is 8.64. The minimum absolute atomic E-state index is 0.00779. The third-order valence-electron chi connectivity index (χ3n) is 4.03. The van der Waals surface area contributed by atoms with E-state index in [0.29, 0.717) is 0 Å². The SMILES string of the molecule is O=C(NCCOc1cccc(C(F)(F)F)c1)c1ccc(-n2ccnc2)c([N+](=O)[O-])c1. The second-order valence-electron chi connectivity index (χ2n) is 6.06. The summed E-state index contributed by atoms with van der Waals surface area (Å²) in [6.45, 7) is -0.0889. The Morgan fingerprint density at radius 1 is 1.23 bits per heavy atom. The molecule has 0 atom stereocenters. The summed E-state index contributed by atoms with van der Waals surface area (Å²) in [7, 11) is 0. The van der Waals surface area contributed by atoms with Gasteiger partial charge in [0.25, 0.3) is 11.6 Å². The number of rotatable bonds is 7. The van der Waals surface area contributed by atoms with Gasteiger partial charge in [0.2, 0.25) is 0 Å². The molecular formula is C19H15F3N4O4.